The lowest BCUT2D eigenvalue weighted by molar-refractivity contribution is 0.434. The van der Waals surface area contributed by atoms with Crippen LogP contribution >= 0.6 is 0 Å². The fourth-order valence-electron chi connectivity index (χ4n) is 3.03. The molecule has 0 bridgehead atoms. The van der Waals surface area contributed by atoms with Crippen LogP contribution in [0, 0.1) is 0 Å². The number of piperidine rings is 1. The molecule has 116 valence electrons. The number of nitrogens with zero attached hydrogens (tertiary/aromatic N) is 1. The normalized spacial score (nSPS) is 23.3. The van der Waals surface area contributed by atoms with Gasteiger partial charge in [-0.15, -0.1) is 0 Å². The number of anilines is 1. The molecule has 1 saturated heterocycles. The van der Waals surface area contributed by atoms with Crippen LogP contribution in [0.15, 0.2) is 29.2 Å². The molecule has 0 spiro atoms. The first-order valence-electron chi connectivity index (χ1n) is 7.84. The van der Waals surface area contributed by atoms with E-state index in [1.54, 1.807) is 12.1 Å². The Morgan fingerprint density at radius 3 is 2.48 bits per heavy atom. The number of nitrogens with one attached hydrogen (secondary N) is 1. The van der Waals surface area contributed by atoms with Crippen LogP contribution in [0.4, 0.5) is 5.69 Å². The van der Waals surface area contributed by atoms with E-state index in [9.17, 15) is 8.42 Å². The van der Waals surface area contributed by atoms with Crippen molar-refractivity contribution in [3.05, 3.63) is 24.3 Å². The maximum absolute atomic E-state index is 11.5. The lowest BCUT2D eigenvalue weighted by Crippen LogP contribution is -2.46. The van der Waals surface area contributed by atoms with E-state index in [2.05, 4.69) is 10.2 Å². The average molecular weight is 308 g/mol. The van der Waals surface area contributed by atoms with Gasteiger partial charge in [0.05, 0.1) is 4.90 Å². The molecule has 21 heavy (non-hydrogen) atoms. The molecule has 1 heterocycles. The first-order valence-corrected chi connectivity index (χ1v) is 9.73. The van der Waals surface area contributed by atoms with Gasteiger partial charge >= 0.3 is 0 Å². The molecule has 1 unspecified atom stereocenters. The SMILES string of the molecule is CS(=O)(=O)c1ccc(N2CCCCC2CNC2CC2)cc1. The summed E-state index contributed by atoms with van der Waals surface area (Å²) in [7, 11) is -3.11. The van der Waals surface area contributed by atoms with E-state index in [0.717, 1.165) is 24.8 Å². The fraction of sp³-hybridized carbons (Fsp3) is 0.625. The zero-order valence-corrected chi connectivity index (χ0v) is 13.4. The third-order valence-corrected chi connectivity index (χ3v) is 5.57. The van der Waals surface area contributed by atoms with Gasteiger partial charge < -0.3 is 10.2 Å². The van der Waals surface area contributed by atoms with Crippen LogP contribution in [0.25, 0.3) is 0 Å². The number of benzene rings is 1. The predicted octanol–water partition coefficient (Wildman–Crippen LogP) is 2.20. The number of hydrogen-bond acceptors (Lipinski definition) is 4. The molecule has 0 amide bonds. The molecule has 1 aromatic carbocycles. The van der Waals surface area contributed by atoms with Crippen LogP contribution in [0.3, 0.4) is 0 Å². The molecule has 1 aliphatic carbocycles. The molecule has 1 N–H and O–H groups in total. The topological polar surface area (TPSA) is 49.4 Å². The first-order chi connectivity index (χ1) is 10.0. The van der Waals surface area contributed by atoms with Crippen LogP contribution in [0.5, 0.6) is 0 Å². The molecule has 1 aliphatic heterocycles. The van der Waals surface area contributed by atoms with Crippen LogP contribution in [-0.2, 0) is 9.84 Å². The molecule has 5 heteroatoms. The van der Waals surface area contributed by atoms with Crippen molar-refractivity contribution in [2.24, 2.45) is 0 Å². The third-order valence-electron chi connectivity index (χ3n) is 4.44. The van der Waals surface area contributed by atoms with Gasteiger partial charge in [-0.2, -0.15) is 0 Å². The van der Waals surface area contributed by atoms with E-state index in [1.165, 1.54) is 38.4 Å². The molecule has 2 aliphatic rings. The van der Waals surface area contributed by atoms with Gasteiger partial charge in [0, 0.05) is 37.1 Å². The maximum atomic E-state index is 11.5. The summed E-state index contributed by atoms with van der Waals surface area (Å²) < 4.78 is 23.1. The van der Waals surface area contributed by atoms with E-state index in [0.29, 0.717) is 10.9 Å². The number of sulfone groups is 1. The van der Waals surface area contributed by atoms with Crippen LogP contribution in [0.2, 0.25) is 0 Å². The van der Waals surface area contributed by atoms with Crippen LogP contribution in [-0.4, -0.2) is 39.8 Å². The van der Waals surface area contributed by atoms with Gasteiger partial charge in [-0.05, 0) is 56.4 Å². The lowest BCUT2D eigenvalue weighted by atomic mass is 10.0. The van der Waals surface area contributed by atoms with Crippen molar-refractivity contribution in [1.29, 1.82) is 0 Å². The van der Waals surface area contributed by atoms with E-state index in [4.69, 9.17) is 0 Å². The molecule has 1 atom stereocenters. The third kappa shape index (κ3) is 3.77. The second-order valence-electron chi connectivity index (χ2n) is 6.29. The lowest BCUT2D eigenvalue weighted by Gasteiger charge is -2.38. The number of rotatable bonds is 5. The van der Waals surface area contributed by atoms with Gasteiger partial charge in [0.2, 0.25) is 0 Å². The minimum Gasteiger partial charge on any atom is -0.367 e. The summed E-state index contributed by atoms with van der Waals surface area (Å²) in [5.41, 5.74) is 1.14. The van der Waals surface area contributed by atoms with Gasteiger partial charge in [-0.3, -0.25) is 0 Å². The highest BCUT2D eigenvalue weighted by atomic mass is 32.2. The van der Waals surface area contributed by atoms with Crippen molar-refractivity contribution >= 4 is 15.5 Å². The summed E-state index contributed by atoms with van der Waals surface area (Å²) in [6, 6.07) is 8.62. The molecule has 0 radical (unpaired) electrons. The quantitative estimate of drug-likeness (QED) is 0.906. The Morgan fingerprint density at radius 1 is 1.14 bits per heavy atom. The first kappa shape index (κ1) is 14.9. The Bertz CT molecular complexity index is 579. The molecular weight excluding hydrogens is 284 g/mol. The summed E-state index contributed by atoms with van der Waals surface area (Å²) in [4.78, 5) is 2.83. The standard InChI is InChI=1S/C16H24N2O2S/c1-21(19,20)16-9-7-14(8-10-16)18-11-3-2-4-15(18)12-17-13-5-6-13/h7-10,13,15,17H,2-6,11-12H2,1H3. The molecular formula is C16H24N2O2S. The van der Waals surface area contributed by atoms with Crippen molar-refractivity contribution < 1.29 is 8.42 Å². The van der Waals surface area contributed by atoms with Gasteiger partial charge in [-0.25, -0.2) is 8.42 Å². The Labute approximate surface area is 127 Å². The Hall–Kier alpha value is -1.07. The van der Waals surface area contributed by atoms with Crippen LogP contribution < -0.4 is 10.2 Å². The Kier molecular flexibility index (Phi) is 4.22. The van der Waals surface area contributed by atoms with Crippen molar-refractivity contribution in [1.82, 2.24) is 5.32 Å². The van der Waals surface area contributed by atoms with Gasteiger partial charge in [-0.1, -0.05) is 0 Å². The minimum atomic E-state index is -3.11. The van der Waals surface area contributed by atoms with Gasteiger partial charge in [0.1, 0.15) is 0 Å². The summed E-state index contributed by atoms with van der Waals surface area (Å²) in [5.74, 6) is 0. The van der Waals surface area contributed by atoms with Gasteiger partial charge in [0.25, 0.3) is 0 Å². The summed E-state index contributed by atoms with van der Waals surface area (Å²) in [6.07, 6.45) is 7.60. The summed E-state index contributed by atoms with van der Waals surface area (Å²) >= 11 is 0. The van der Waals surface area contributed by atoms with E-state index < -0.39 is 9.84 Å². The molecule has 3 rings (SSSR count). The average Bonchev–Trinajstić information content (AvgIpc) is 3.29. The zero-order valence-electron chi connectivity index (χ0n) is 12.6. The number of hydrogen-bond donors (Lipinski definition) is 1. The predicted molar refractivity (Wildman–Crippen MR) is 85.6 cm³/mol. The molecule has 1 aromatic rings. The molecule has 2 fully saturated rings. The smallest absolute Gasteiger partial charge is 0.175 e. The van der Waals surface area contributed by atoms with Crippen LogP contribution in [0.1, 0.15) is 32.1 Å². The van der Waals surface area contributed by atoms with Crippen molar-refractivity contribution in [2.45, 2.75) is 49.1 Å². The summed E-state index contributed by atoms with van der Waals surface area (Å²) in [5, 5.41) is 3.62. The van der Waals surface area contributed by atoms with Crippen molar-refractivity contribution in [2.75, 3.05) is 24.2 Å². The van der Waals surface area contributed by atoms with E-state index in [-0.39, 0.29) is 0 Å². The molecule has 1 saturated carbocycles. The molecule has 0 aromatic heterocycles. The summed E-state index contributed by atoms with van der Waals surface area (Å²) in [6.45, 7) is 2.10. The van der Waals surface area contributed by atoms with Crippen molar-refractivity contribution in [3.8, 4) is 0 Å². The Morgan fingerprint density at radius 2 is 1.86 bits per heavy atom. The second-order valence-corrected chi connectivity index (χ2v) is 8.31. The van der Waals surface area contributed by atoms with Gasteiger partial charge in [0.15, 0.2) is 9.84 Å². The minimum absolute atomic E-state index is 0.399. The highest BCUT2D eigenvalue weighted by Gasteiger charge is 2.26. The highest BCUT2D eigenvalue weighted by molar-refractivity contribution is 7.90. The highest BCUT2D eigenvalue weighted by Crippen LogP contribution is 2.27. The van der Waals surface area contributed by atoms with E-state index >= 15 is 0 Å². The monoisotopic (exact) mass is 308 g/mol. The zero-order chi connectivity index (χ0) is 14.9. The van der Waals surface area contributed by atoms with Crippen molar-refractivity contribution in [3.63, 3.8) is 0 Å². The van der Waals surface area contributed by atoms with E-state index in [1.807, 2.05) is 12.1 Å². The second kappa shape index (κ2) is 5.97. The Balaban J connectivity index is 1.72. The fourth-order valence-corrected chi connectivity index (χ4v) is 3.66. The maximum Gasteiger partial charge on any atom is 0.175 e. The molecule has 4 nitrogen and oxygen atoms in total. The largest absolute Gasteiger partial charge is 0.367 e.